The number of hydrogen-bond acceptors (Lipinski definition) is 6. The second-order valence-electron chi connectivity index (χ2n) is 12.9. The first-order chi connectivity index (χ1) is 18.9. The predicted molar refractivity (Wildman–Crippen MR) is 150 cm³/mol. The number of hydrogen-bond donors (Lipinski definition) is 1. The van der Waals surface area contributed by atoms with Gasteiger partial charge < -0.3 is 24.6 Å². The summed E-state index contributed by atoms with van der Waals surface area (Å²) in [5.74, 6) is -0.512. The van der Waals surface area contributed by atoms with Crippen LogP contribution in [0.2, 0.25) is 0 Å². The molecule has 8 nitrogen and oxygen atoms in total. The molecule has 3 rings (SSSR count). The summed E-state index contributed by atoms with van der Waals surface area (Å²) in [6.45, 7) is 13.1. The van der Waals surface area contributed by atoms with Crippen LogP contribution in [-0.4, -0.2) is 66.8 Å². The van der Waals surface area contributed by atoms with Gasteiger partial charge in [-0.05, 0) is 97.3 Å². The first-order valence-electron chi connectivity index (χ1n) is 14.4. The van der Waals surface area contributed by atoms with E-state index < -0.39 is 40.4 Å². The van der Waals surface area contributed by atoms with Crippen molar-refractivity contribution in [3.8, 4) is 0 Å². The highest BCUT2D eigenvalue weighted by Crippen LogP contribution is 2.38. The van der Waals surface area contributed by atoms with Crippen LogP contribution in [0.25, 0.3) is 0 Å². The van der Waals surface area contributed by atoms with Crippen LogP contribution in [0.3, 0.4) is 0 Å². The van der Waals surface area contributed by atoms with Crippen molar-refractivity contribution >= 4 is 23.7 Å². The number of likely N-dealkylation sites (tertiary alicyclic amines) is 1. The van der Waals surface area contributed by atoms with Crippen molar-refractivity contribution in [2.75, 3.05) is 37.6 Å². The van der Waals surface area contributed by atoms with E-state index in [0.717, 1.165) is 31.7 Å². The van der Waals surface area contributed by atoms with Gasteiger partial charge in [-0.2, -0.15) is 13.2 Å². The summed E-state index contributed by atoms with van der Waals surface area (Å²) in [6, 6.07) is 3.81. The summed E-state index contributed by atoms with van der Waals surface area (Å²) < 4.78 is 52.5. The maximum atomic E-state index is 14.0. The van der Waals surface area contributed by atoms with E-state index in [1.54, 1.807) is 31.7 Å². The Morgan fingerprint density at radius 1 is 0.854 bits per heavy atom. The minimum atomic E-state index is -4.71. The van der Waals surface area contributed by atoms with Crippen LogP contribution >= 0.6 is 0 Å². The van der Waals surface area contributed by atoms with Crippen LogP contribution in [0.4, 0.5) is 23.7 Å². The van der Waals surface area contributed by atoms with Gasteiger partial charge in [0.25, 0.3) is 5.91 Å². The van der Waals surface area contributed by atoms with Crippen molar-refractivity contribution < 1.29 is 37.0 Å². The zero-order valence-electron chi connectivity index (χ0n) is 25.0. The maximum Gasteiger partial charge on any atom is 0.417 e. The molecule has 2 aliphatic heterocycles. The van der Waals surface area contributed by atoms with Gasteiger partial charge in [-0.25, -0.2) is 4.79 Å². The molecule has 2 saturated heterocycles. The fraction of sp³-hybridized carbons (Fsp3) is 0.700. The summed E-state index contributed by atoms with van der Waals surface area (Å²) in [5, 5.41) is 2.40. The van der Waals surface area contributed by atoms with E-state index in [1.807, 2.05) is 25.7 Å². The molecule has 2 fully saturated rings. The summed E-state index contributed by atoms with van der Waals surface area (Å²) in [6.07, 6.45) is -1.66. The molecule has 2 amide bonds. The van der Waals surface area contributed by atoms with E-state index in [9.17, 15) is 27.6 Å². The molecule has 1 aromatic carbocycles. The van der Waals surface area contributed by atoms with E-state index in [0.29, 0.717) is 43.7 Å². The zero-order valence-corrected chi connectivity index (χ0v) is 25.0. The Morgan fingerprint density at radius 3 is 1.90 bits per heavy atom. The topological polar surface area (TPSA) is 88.2 Å². The van der Waals surface area contributed by atoms with E-state index in [2.05, 4.69) is 5.32 Å². The third-order valence-corrected chi connectivity index (χ3v) is 7.35. The second kappa shape index (κ2) is 12.9. The highest BCUT2D eigenvalue weighted by molar-refractivity contribution is 5.96. The number of carbonyl (C=O) groups excluding carboxylic acids is 3. The second-order valence-corrected chi connectivity index (χ2v) is 12.9. The molecule has 2 aliphatic rings. The first-order valence-corrected chi connectivity index (χ1v) is 14.4. The number of alkyl halides is 3. The highest BCUT2D eigenvalue weighted by atomic mass is 19.4. The number of anilines is 1. The molecule has 0 radical (unpaired) electrons. The molecule has 0 atom stereocenters. The number of nitrogens with one attached hydrogen (secondary N) is 1. The number of piperidine rings is 2. The third-order valence-electron chi connectivity index (χ3n) is 7.35. The van der Waals surface area contributed by atoms with Gasteiger partial charge in [-0.1, -0.05) is 0 Å². The Bertz CT molecular complexity index is 1080. The molecule has 0 aromatic heterocycles. The minimum Gasteiger partial charge on any atom is -0.460 e. The Hall–Kier alpha value is -2.98. The van der Waals surface area contributed by atoms with Gasteiger partial charge in [-0.3, -0.25) is 9.59 Å². The number of carbonyl (C=O) groups is 3. The van der Waals surface area contributed by atoms with Crippen molar-refractivity contribution in [1.82, 2.24) is 10.2 Å². The van der Waals surface area contributed by atoms with Crippen LogP contribution in [0.5, 0.6) is 0 Å². The third kappa shape index (κ3) is 9.81. The Morgan fingerprint density at radius 2 is 1.39 bits per heavy atom. The lowest BCUT2D eigenvalue weighted by Crippen LogP contribution is -2.44. The van der Waals surface area contributed by atoms with Crippen LogP contribution in [0.15, 0.2) is 18.2 Å². The molecule has 41 heavy (non-hydrogen) atoms. The van der Waals surface area contributed by atoms with Crippen LogP contribution in [0, 0.1) is 11.8 Å². The van der Waals surface area contributed by atoms with Gasteiger partial charge in [0.2, 0.25) is 0 Å². The normalized spacial score (nSPS) is 17.8. The van der Waals surface area contributed by atoms with Gasteiger partial charge >= 0.3 is 18.2 Å². The quantitative estimate of drug-likeness (QED) is 0.412. The smallest absolute Gasteiger partial charge is 0.417 e. The fourth-order valence-electron chi connectivity index (χ4n) is 5.44. The molecule has 0 aliphatic carbocycles. The average molecular weight is 584 g/mol. The fourth-order valence-corrected chi connectivity index (χ4v) is 5.44. The molecule has 1 N–H and O–H groups in total. The van der Waals surface area contributed by atoms with Crippen molar-refractivity contribution in [2.45, 2.75) is 91.0 Å². The van der Waals surface area contributed by atoms with E-state index >= 15 is 0 Å². The maximum absolute atomic E-state index is 14.0. The first kappa shape index (κ1) is 32.5. The van der Waals surface area contributed by atoms with Crippen molar-refractivity contribution in [2.24, 2.45) is 11.8 Å². The molecular weight excluding hydrogens is 539 g/mol. The molecular formula is C30H44F3N3O5. The van der Waals surface area contributed by atoms with Gasteiger partial charge in [0.1, 0.15) is 11.2 Å². The molecule has 230 valence electrons. The molecule has 0 saturated carbocycles. The van der Waals surface area contributed by atoms with E-state index in [-0.39, 0.29) is 19.1 Å². The summed E-state index contributed by atoms with van der Waals surface area (Å²) in [5.41, 5.74) is -2.26. The van der Waals surface area contributed by atoms with Crippen LogP contribution < -0.4 is 10.2 Å². The molecule has 11 heteroatoms. The monoisotopic (exact) mass is 583 g/mol. The summed E-state index contributed by atoms with van der Waals surface area (Å²) in [4.78, 5) is 40.5. The molecule has 1 aromatic rings. The predicted octanol–water partition coefficient (Wildman–Crippen LogP) is 6.03. The standard InChI is InChI=1S/C30H44F3N3O5/c1-28(2,3)40-25(37)9-14-34-26(38)23-8-7-22(19-24(23)30(31,32)33)35-15-10-20(11-16-35)21-12-17-36(18-13-21)27(39)41-29(4,5)6/h7-8,19-21H,9-18H2,1-6H3,(H,34,38). The minimum absolute atomic E-state index is 0.128. The number of ether oxygens (including phenoxy) is 2. The van der Waals surface area contributed by atoms with E-state index in [1.165, 1.54) is 6.07 Å². The number of benzene rings is 1. The Kier molecular flexibility index (Phi) is 10.2. The van der Waals surface area contributed by atoms with E-state index in [4.69, 9.17) is 9.47 Å². The molecule has 0 bridgehead atoms. The molecule has 0 unspecified atom stereocenters. The zero-order chi connectivity index (χ0) is 30.6. The van der Waals surface area contributed by atoms with Gasteiger partial charge in [-0.15, -0.1) is 0 Å². The Balaban J connectivity index is 1.56. The van der Waals surface area contributed by atoms with Crippen LogP contribution in [0.1, 0.15) is 89.6 Å². The van der Waals surface area contributed by atoms with Gasteiger partial charge in [0.05, 0.1) is 17.5 Å². The highest BCUT2D eigenvalue weighted by Gasteiger charge is 2.37. The number of halogens is 3. The van der Waals surface area contributed by atoms with Crippen LogP contribution in [-0.2, 0) is 20.4 Å². The largest absolute Gasteiger partial charge is 0.460 e. The number of amides is 2. The average Bonchev–Trinajstić information content (AvgIpc) is 2.86. The Labute approximate surface area is 240 Å². The lowest BCUT2D eigenvalue weighted by atomic mass is 9.78. The number of esters is 1. The lowest BCUT2D eigenvalue weighted by molar-refractivity contribution is -0.154. The molecule has 2 heterocycles. The van der Waals surface area contributed by atoms with Crippen molar-refractivity contribution in [3.63, 3.8) is 0 Å². The summed E-state index contributed by atoms with van der Waals surface area (Å²) in [7, 11) is 0. The number of nitrogens with zero attached hydrogens (tertiary/aromatic N) is 2. The number of rotatable bonds is 6. The lowest BCUT2D eigenvalue weighted by Gasteiger charge is -2.41. The summed E-state index contributed by atoms with van der Waals surface area (Å²) >= 11 is 0. The molecule has 0 spiro atoms. The van der Waals surface area contributed by atoms with Gasteiger partial charge in [0.15, 0.2) is 0 Å². The SMILES string of the molecule is CC(C)(C)OC(=O)CCNC(=O)c1ccc(N2CCC(C3CCN(C(=O)OC(C)(C)C)CC3)CC2)cc1C(F)(F)F. The van der Waals surface area contributed by atoms with Crippen molar-refractivity contribution in [1.29, 1.82) is 0 Å². The van der Waals surface area contributed by atoms with Crippen molar-refractivity contribution in [3.05, 3.63) is 29.3 Å². The van der Waals surface area contributed by atoms with Gasteiger partial charge in [0, 0.05) is 38.4 Å².